The minimum Gasteiger partial charge on any atom is -0.342 e. The van der Waals surface area contributed by atoms with Gasteiger partial charge in [0.15, 0.2) is 0 Å². The van der Waals surface area contributed by atoms with Crippen molar-refractivity contribution in [3.63, 3.8) is 0 Å². The Morgan fingerprint density at radius 1 is 1.33 bits per heavy atom. The summed E-state index contributed by atoms with van der Waals surface area (Å²) in [5, 5.41) is 0. The fraction of sp³-hybridized carbons (Fsp3) is 0.533. The molecule has 0 aromatic heterocycles. The molecule has 0 bridgehead atoms. The minimum absolute atomic E-state index is 0.0433. The van der Waals surface area contributed by atoms with Crippen LogP contribution in [0.15, 0.2) is 30.3 Å². The summed E-state index contributed by atoms with van der Waals surface area (Å²) < 4.78 is 0. The molecule has 1 amide bonds. The average molecular weight is 246 g/mol. The normalized spacial score (nSPS) is 18.7. The minimum atomic E-state index is -0.0433. The maximum atomic E-state index is 12.0. The van der Waals surface area contributed by atoms with E-state index >= 15 is 0 Å². The predicted octanol–water partition coefficient (Wildman–Crippen LogP) is 1.99. The number of carbonyl (C=O) groups is 1. The Balaban J connectivity index is 1.90. The maximum Gasteiger partial charge on any atom is 0.226 e. The highest BCUT2D eigenvalue weighted by Gasteiger charge is 2.25. The summed E-state index contributed by atoms with van der Waals surface area (Å²) in [6, 6.07) is 10.6. The molecule has 2 rings (SSSR count). The van der Waals surface area contributed by atoms with Crippen molar-refractivity contribution in [3.8, 4) is 0 Å². The SMILES string of the molecule is CC(CN)C(=O)N1CCC(c2ccccc2)CC1. The first-order valence-electron chi connectivity index (χ1n) is 6.76. The molecule has 3 nitrogen and oxygen atoms in total. The van der Waals surface area contributed by atoms with Crippen molar-refractivity contribution >= 4 is 5.91 Å². The van der Waals surface area contributed by atoms with Gasteiger partial charge in [0.1, 0.15) is 0 Å². The number of piperidine rings is 1. The number of hydrogen-bond donors (Lipinski definition) is 1. The quantitative estimate of drug-likeness (QED) is 0.886. The molecule has 18 heavy (non-hydrogen) atoms. The first-order valence-corrected chi connectivity index (χ1v) is 6.76. The second kappa shape index (κ2) is 6.01. The van der Waals surface area contributed by atoms with E-state index in [0.717, 1.165) is 25.9 Å². The topological polar surface area (TPSA) is 46.3 Å². The molecule has 1 atom stereocenters. The van der Waals surface area contributed by atoms with Gasteiger partial charge in [0.05, 0.1) is 0 Å². The van der Waals surface area contributed by atoms with Gasteiger partial charge in [-0.25, -0.2) is 0 Å². The number of amides is 1. The lowest BCUT2D eigenvalue weighted by Gasteiger charge is -2.33. The fourth-order valence-electron chi connectivity index (χ4n) is 2.57. The summed E-state index contributed by atoms with van der Waals surface area (Å²) in [6.07, 6.45) is 2.13. The molecule has 1 aliphatic rings. The molecule has 0 radical (unpaired) electrons. The van der Waals surface area contributed by atoms with Crippen LogP contribution in [0.2, 0.25) is 0 Å². The predicted molar refractivity (Wildman–Crippen MR) is 73.2 cm³/mol. The smallest absolute Gasteiger partial charge is 0.226 e. The zero-order valence-corrected chi connectivity index (χ0v) is 11.0. The Hall–Kier alpha value is -1.35. The Morgan fingerprint density at radius 2 is 1.94 bits per heavy atom. The summed E-state index contributed by atoms with van der Waals surface area (Å²) in [5.74, 6) is 0.769. The Bertz CT molecular complexity index is 383. The molecule has 0 spiro atoms. The zero-order chi connectivity index (χ0) is 13.0. The van der Waals surface area contributed by atoms with Gasteiger partial charge in [-0.3, -0.25) is 4.79 Å². The molecule has 1 saturated heterocycles. The molecule has 2 N–H and O–H groups in total. The van der Waals surface area contributed by atoms with Crippen LogP contribution < -0.4 is 5.73 Å². The van der Waals surface area contributed by atoms with Crippen LogP contribution in [-0.4, -0.2) is 30.4 Å². The number of nitrogens with zero attached hydrogens (tertiary/aromatic N) is 1. The molecule has 1 aromatic carbocycles. The van der Waals surface area contributed by atoms with Crippen molar-refractivity contribution < 1.29 is 4.79 Å². The van der Waals surface area contributed by atoms with Gasteiger partial charge >= 0.3 is 0 Å². The van der Waals surface area contributed by atoms with Crippen molar-refractivity contribution in [2.45, 2.75) is 25.7 Å². The van der Waals surface area contributed by atoms with Crippen LogP contribution in [-0.2, 0) is 4.79 Å². The molecule has 0 aliphatic carbocycles. The summed E-state index contributed by atoms with van der Waals surface area (Å²) in [4.78, 5) is 14.0. The lowest BCUT2D eigenvalue weighted by molar-refractivity contribution is -0.135. The molecule has 1 heterocycles. The van der Waals surface area contributed by atoms with Crippen molar-refractivity contribution in [3.05, 3.63) is 35.9 Å². The van der Waals surface area contributed by atoms with Gasteiger partial charge in [-0.2, -0.15) is 0 Å². The van der Waals surface area contributed by atoms with Gasteiger partial charge in [0.25, 0.3) is 0 Å². The Labute approximate surface area is 109 Å². The van der Waals surface area contributed by atoms with Crippen LogP contribution >= 0.6 is 0 Å². The standard InChI is InChI=1S/C15H22N2O/c1-12(11-16)15(18)17-9-7-14(8-10-17)13-5-3-2-4-6-13/h2-6,12,14H,7-11,16H2,1H3. The molecule has 98 valence electrons. The molecule has 1 unspecified atom stereocenters. The molecular formula is C15H22N2O. The van der Waals surface area contributed by atoms with Gasteiger partial charge < -0.3 is 10.6 Å². The van der Waals surface area contributed by atoms with Gasteiger partial charge in [-0.05, 0) is 24.3 Å². The van der Waals surface area contributed by atoms with E-state index in [2.05, 4.69) is 24.3 Å². The van der Waals surface area contributed by atoms with Crippen molar-refractivity contribution in [2.75, 3.05) is 19.6 Å². The molecule has 1 aromatic rings. The van der Waals surface area contributed by atoms with Gasteiger partial charge in [-0.15, -0.1) is 0 Å². The van der Waals surface area contributed by atoms with E-state index < -0.39 is 0 Å². The van der Waals surface area contributed by atoms with Gasteiger partial charge in [-0.1, -0.05) is 37.3 Å². The molecule has 3 heteroatoms. The van der Waals surface area contributed by atoms with E-state index in [0.29, 0.717) is 12.5 Å². The van der Waals surface area contributed by atoms with Crippen LogP contribution in [0.3, 0.4) is 0 Å². The van der Waals surface area contributed by atoms with Crippen LogP contribution in [0.4, 0.5) is 0 Å². The summed E-state index contributed by atoms with van der Waals surface area (Å²) in [6.45, 7) is 4.08. The van der Waals surface area contributed by atoms with Crippen molar-refractivity contribution in [1.82, 2.24) is 4.90 Å². The summed E-state index contributed by atoms with van der Waals surface area (Å²) in [5.41, 5.74) is 6.95. The second-order valence-electron chi connectivity index (χ2n) is 5.15. The number of nitrogens with two attached hydrogens (primary N) is 1. The molecule has 1 fully saturated rings. The van der Waals surface area contributed by atoms with Crippen LogP contribution in [0.1, 0.15) is 31.2 Å². The Morgan fingerprint density at radius 3 is 2.50 bits per heavy atom. The lowest BCUT2D eigenvalue weighted by Crippen LogP contribution is -2.42. The highest BCUT2D eigenvalue weighted by atomic mass is 16.2. The fourth-order valence-corrected chi connectivity index (χ4v) is 2.57. The van der Waals surface area contributed by atoms with Crippen molar-refractivity contribution in [1.29, 1.82) is 0 Å². The number of carbonyl (C=O) groups excluding carboxylic acids is 1. The molecular weight excluding hydrogens is 224 g/mol. The second-order valence-corrected chi connectivity index (χ2v) is 5.15. The van der Waals surface area contributed by atoms with E-state index in [1.807, 2.05) is 17.9 Å². The largest absolute Gasteiger partial charge is 0.342 e. The van der Waals surface area contributed by atoms with Crippen LogP contribution in [0.25, 0.3) is 0 Å². The third-order valence-corrected chi connectivity index (χ3v) is 3.85. The number of rotatable bonds is 3. The van der Waals surface area contributed by atoms with E-state index in [1.54, 1.807) is 0 Å². The number of benzene rings is 1. The number of likely N-dealkylation sites (tertiary alicyclic amines) is 1. The van der Waals surface area contributed by atoms with E-state index in [-0.39, 0.29) is 11.8 Å². The average Bonchev–Trinajstić information content (AvgIpc) is 2.47. The first-order chi connectivity index (χ1) is 8.72. The summed E-state index contributed by atoms with van der Waals surface area (Å²) in [7, 11) is 0. The Kier molecular flexibility index (Phi) is 4.37. The first kappa shape index (κ1) is 13.1. The third kappa shape index (κ3) is 2.91. The maximum absolute atomic E-state index is 12.0. The van der Waals surface area contributed by atoms with E-state index in [1.165, 1.54) is 5.56 Å². The molecule has 0 saturated carbocycles. The highest BCUT2D eigenvalue weighted by molar-refractivity contribution is 5.78. The van der Waals surface area contributed by atoms with Gasteiger partial charge in [0.2, 0.25) is 5.91 Å². The van der Waals surface area contributed by atoms with Crippen LogP contribution in [0.5, 0.6) is 0 Å². The summed E-state index contributed by atoms with van der Waals surface area (Å²) >= 11 is 0. The number of hydrogen-bond acceptors (Lipinski definition) is 2. The third-order valence-electron chi connectivity index (χ3n) is 3.85. The van der Waals surface area contributed by atoms with Crippen molar-refractivity contribution in [2.24, 2.45) is 11.7 Å². The highest BCUT2D eigenvalue weighted by Crippen LogP contribution is 2.28. The van der Waals surface area contributed by atoms with E-state index in [9.17, 15) is 4.79 Å². The monoisotopic (exact) mass is 246 g/mol. The van der Waals surface area contributed by atoms with Crippen LogP contribution in [0, 0.1) is 5.92 Å². The zero-order valence-electron chi connectivity index (χ0n) is 11.0. The molecule has 1 aliphatic heterocycles. The van der Waals surface area contributed by atoms with E-state index in [4.69, 9.17) is 5.73 Å². The van der Waals surface area contributed by atoms with Gasteiger partial charge in [0, 0.05) is 25.6 Å². The lowest BCUT2D eigenvalue weighted by atomic mass is 9.89.